The fourth-order valence-electron chi connectivity index (χ4n) is 5.49. The number of alkyl halides is 3. The third kappa shape index (κ3) is 6.00. The summed E-state index contributed by atoms with van der Waals surface area (Å²) in [5.41, 5.74) is 0.959. The molecule has 2 saturated carbocycles. The zero-order valence-corrected chi connectivity index (χ0v) is 19.0. The van der Waals surface area contributed by atoms with Crippen molar-refractivity contribution in [1.29, 1.82) is 0 Å². The summed E-state index contributed by atoms with van der Waals surface area (Å²) in [6.45, 7) is 2.07. The van der Waals surface area contributed by atoms with Crippen LogP contribution in [0.3, 0.4) is 0 Å². The van der Waals surface area contributed by atoms with Crippen molar-refractivity contribution in [2.24, 2.45) is 17.8 Å². The van der Waals surface area contributed by atoms with Crippen molar-refractivity contribution in [1.82, 2.24) is 0 Å². The number of ether oxygens (including phenoxy) is 1. The van der Waals surface area contributed by atoms with Gasteiger partial charge in [0.1, 0.15) is 17.4 Å². The van der Waals surface area contributed by atoms with E-state index in [1.165, 1.54) is 31.7 Å². The summed E-state index contributed by atoms with van der Waals surface area (Å²) in [5, 5.41) is 0. The smallest absolute Gasteiger partial charge is 0.406 e. The minimum Gasteiger partial charge on any atom is -0.406 e. The molecule has 2 aromatic rings. The Labute approximate surface area is 197 Å². The molecule has 4 rings (SSSR count). The van der Waals surface area contributed by atoms with E-state index in [4.69, 9.17) is 0 Å². The Kier molecular flexibility index (Phi) is 7.30. The van der Waals surface area contributed by atoms with Gasteiger partial charge in [0.15, 0.2) is 0 Å². The molecule has 0 saturated heterocycles. The number of halogens is 5. The van der Waals surface area contributed by atoms with Gasteiger partial charge in [0.25, 0.3) is 0 Å². The molecular formula is C28H27F5O. The van der Waals surface area contributed by atoms with Crippen LogP contribution in [0, 0.1) is 41.2 Å². The second-order valence-electron chi connectivity index (χ2n) is 9.31. The minimum atomic E-state index is -4.91. The van der Waals surface area contributed by atoms with Gasteiger partial charge in [-0.3, -0.25) is 0 Å². The lowest BCUT2D eigenvalue weighted by molar-refractivity contribution is -0.274. The second kappa shape index (κ2) is 10.2. The second-order valence-corrected chi connectivity index (χ2v) is 9.31. The molecular weight excluding hydrogens is 447 g/mol. The van der Waals surface area contributed by atoms with Gasteiger partial charge in [-0.25, -0.2) is 8.78 Å². The summed E-state index contributed by atoms with van der Waals surface area (Å²) in [7, 11) is 0. The van der Waals surface area contributed by atoms with Crippen LogP contribution in [0.4, 0.5) is 22.0 Å². The van der Waals surface area contributed by atoms with E-state index in [0.717, 1.165) is 36.5 Å². The number of rotatable bonds is 3. The Morgan fingerprint density at radius 3 is 2.15 bits per heavy atom. The molecule has 0 radical (unpaired) electrons. The molecule has 1 nitrogen and oxygen atoms in total. The average Bonchev–Trinajstić information content (AvgIpc) is 2.78. The maximum Gasteiger partial charge on any atom is 0.573 e. The first-order valence-corrected chi connectivity index (χ1v) is 11.7. The zero-order chi connectivity index (χ0) is 24.3. The molecule has 2 fully saturated rings. The first-order valence-electron chi connectivity index (χ1n) is 11.7. The first kappa shape index (κ1) is 24.3. The van der Waals surface area contributed by atoms with Crippen molar-refractivity contribution >= 4 is 0 Å². The van der Waals surface area contributed by atoms with Crippen LogP contribution in [0.25, 0.3) is 0 Å². The van der Waals surface area contributed by atoms with Gasteiger partial charge in [-0.15, -0.1) is 13.2 Å². The van der Waals surface area contributed by atoms with Gasteiger partial charge in [-0.1, -0.05) is 30.1 Å². The van der Waals surface area contributed by atoms with Crippen LogP contribution >= 0.6 is 0 Å². The third-order valence-electron chi connectivity index (χ3n) is 7.09. The highest BCUT2D eigenvalue weighted by Crippen LogP contribution is 2.47. The highest BCUT2D eigenvalue weighted by atomic mass is 19.4. The highest BCUT2D eigenvalue weighted by Gasteiger charge is 2.35. The fraction of sp³-hybridized carbons (Fsp3) is 0.429. The van der Waals surface area contributed by atoms with Crippen molar-refractivity contribution in [2.45, 2.75) is 57.7 Å². The summed E-state index contributed by atoms with van der Waals surface area (Å²) in [6.07, 6.45) is 6.56. The number of fused-ring (bicyclic) bond motifs is 1. The summed E-state index contributed by atoms with van der Waals surface area (Å²) in [4.78, 5) is 0. The number of benzene rings is 2. The van der Waals surface area contributed by atoms with Crippen molar-refractivity contribution in [2.75, 3.05) is 0 Å². The van der Waals surface area contributed by atoms with Crippen LogP contribution in [0.5, 0.6) is 5.75 Å². The molecule has 180 valence electrons. The van der Waals surface area contributed by atoms with E-state index in [1.807, 2.05) is 6.07 Å². The summed E-state index contributed by atoms with van der Waals surface area (Å²) in [6, 6.07) is 7.68. The molecule has 2 aromatic carbocycles. The van der Waals surface area contributed by atoms with Crippen LogP contribution < -0.4 is 4.74 Å². The molecule has 6 heteroatoms. The number of allylic oxidation sites excluding steroid dienone is 2. The van der Waals surface area contributed by atoms with Gasteiger partial charge in [-0.2, -0.15) is 0 Å². The monoisotopic (exact) mass is 474 g/mol. The molecule has 0 N–H and O–H groups in total. The van der Waals surface area contributed by atoms with Gasteiger partial charge < -0.3 is 4.74 Å². The molecule has 0 bridgehead atoms. The van der Waals surface area contributed by atoms with E-state index >= 15 is 0 Å². The standard InChI is InChI=1S/C28H27F5O/c1-2-3-18-4-5-22-15-23(11-10-21(22)14-18)24-9-8-19(26(29)16-24)6-7-20-12-13-25(17-27(20)30)34-28(31,32)33/h2-3,8-9,12-13,16-18,21-23H,4-5,10-11,14-15H2,1H3/b3-2+. The predicted octanol–water partition coefficient (Wildman–Crippen LogP) is 8.14. The number of hydrogen-bond acceptors (Lipinski definition) is 1. The van der Waals surface area contributed by atoms with Crippen molar-refractivity contribution in [3.63, 3.8) is 0 Å². The molecule has 0 amide bonds. The molecule has 0 spiro atoms. The van der Waals surface area contributed by atoms with E-state index in [-0.39, 0.29) is 11.1 Å². The van der Waals surface area contributed by atoms with Crippen molar-refractivity contribution in [3.8, 4) is 17.6 Å². The normalized spacial score (nSPS) is 24.9. The maximum absolute atomic E-state index is 14.8. The van der Waals surface area contributed by atoms with E-state index in [1.54, 1.807) is 6.07 Å². The average molecular weight is 475 g/mol. The van der Waals surface area contributed by atoms with Crippen molar-refractivity contribution in [3.05, 3.63) is 76.9 Å². The maximum atomic E-state index is 14.8. The first-order chi connectivity index (χ1) is 16.2. The molecule has 4 atom stereocenters. The SMILES string of the molecule is C/C=C/C1CCC2CC(c3ccc(C#Cc4ccc(OC(F)(F)F)cc4F)c(F)c3)CCC2C1. The highest BCUT2D eigenvalue weighted by molar-refractivity contribution is 5.46. The molecule has 0 aromatic heterocycles. The van der Waals surface area contributed by atoms with Crippen LogP contribution in [-0.2, 0) is 0 Å². The largest absolute Gasteiger partial charge is 0.573 e. The molecule has 2 aliphatic rings. The molecule has 4 unspecified atom stereocenters. The van der Waals surface area contributed by atoms with Gasteiger partial charge >= 0.3 is 6.36 Å². The Balaban J connectivity index is 1.43. The van der Waals surface area contributed by atoms with E-state index in [9.17, 15) is 22.0 Å². The van der Waals surface area contributed by atoms with Crippen LogP contribution in [0.2, 0.25) is 0 Å². The molecule has 0 heterocycles. The van der Waals surface area contributed by atoms with E-state index in [2.05, 4.69) is 35.7 Å². The van der Waals surface area contributed by atoms with Gasteiger partial charge in [0.2, 0.25) is 0 Å². The topological polar surface area (TPSA) is 9.23 Å². The quantitative estimate of drug-likeness (QED) is 0.248. The van der Waals surface area contributed by atoms with Crippen molar-refractivity contribution < 1.29 is 26.7 Å². The summed E-state index contributed by atoms with van der Waals surface area (Å²) >= 11 is 0. The summed E-state index contributed by atoms with van der Waals surface area (Å²) < 4.78 is 69.3. The van der Waals surface area contributed by atoms with Gasteiger partial charge in [0.05, 0.1) is 11.1 Å². The Bertz CT molecular complexity index is 1110. The third-order valence-corrected chi connectivity index (χ3v) is 7.09. The van der Waals surface area contributed by atoms with Gasteiger partial charge in [-0.05, 0) is 98.9 Å². The van der Waals surface area contributed by atoms with E-state index < -0.39 is 23.7 Å². The van der Waals surface area contributed by atoms with Gasteiger partial charge in [0, 0.05) is 6.07 Å². The molecule has 34 heavy (non-hydrogen) atoms. The van der Waals surface area contributed by atoms with Crippen LogP contribution in [0.1, 0.15) is 68.1 Å². The Hall–Kier alpha value is -2.81. The zero-order valence-electron chi connectivity index (χ0n) is 19.0. The Morgan fingerprint density at radius 1 is 0.853 bits per heavy atom. The molecule has 0 aliphatic heterocycles. The predicted molar refractivity (Wildman–Crippen MR) is 121 cm³/mol. The lowest BCUT2D eigenvalue weighted by Gasteiger charge is -2.41. The van der Waals surface area contributed by atoms with E-state index in [0.29, 0.717) is 23.8 Å². The van der Waals surface area contributed by atoms with Crippen LogP contribution in [-0.4, -0.2) is 6.36 Å². The Morgan fingerprint density at radius 2 is 1.50 bits per heavy atom. The molecule has 2 aliphatic carbocycles. The van der Waals surface area contributed by atoms with Crippen LogP contribution in [0.15, 0.2) is 48.6 Å². The fourth-order valence-corrected chi connectivity index (χ4v) is 5.49. The minimum absolute atomic E-state index is 0.124. The lowest BCUT2D eigenvalue weighted by atomic mass is 9.64. The summed E-state index contributed by atoms with van der Waals surface area (Å²) in [5.74, 6) is 5.46. The lowest BCUT2D eigenvalue weighted by Crippen LogP contribution is -2.30. The number of hydrogen-bond donors (Lipinski definition) is 0.